The first kappa shape index (κ1) is 12.5. The molecule has 88 valence electrons. The summed E-state index contributed by atoms with van der Waals surface area (Å²) in [5.74, 6) is -0.0142. The Morgan fingerprint density at radius 1 is 1.44 bits per heavy atom. The SMILES string of the molecule is C=C(O)C(N)Cc1ccc(NCCF)cc1. The fourth-order valence-electron chi connectivity index (χ4n) is 1.32. The van der Waals surface area contributed by atoms with Crippen LogP contribution in [-0.4, -0.2) is 24.4 Å². The van der Waals surface area contributed by atoms with Gasteiger partial charge in [-0.3, -0.25) is 0 Å². The smallest absolute Gasteiger partial charge is 0.107 e. The lowest BCUT2D eigenvalue weighted by atomic mass is 10.1. The third kappa shape index (κ3) is 3.90. The van der Waals surface area contributed by atoms with Crippen molar-refractivity contribution in [1.29, 1.82) is 0 Å². The lowest BCUT2D eigenvalue weighted by Gasteiger charge is -2.10. The van der Waals surface area contributed by atoms with E-state index < -0.39 is 12.7 Å². The monoisotopic (exact) mass is 224 g/mol. The minimum atomic E-state index is -0.440. The number of aliphatic hydroxyl groups is 1. The number of hydrogen-bond acceptors (Lipinski definition) is 3. The largest absolute Gasteiger partial charge is 0.511 e. The second-order valence-corrected chi connectivity index (χ2v) is 3.61. The summed E-state index contributed by atoms with van der Waals surface area (Å²) in [6, 6.07) is 7.06. The predicted molar refractivity (Wildman–Crippen MR) is 64.4 cm³/mol. The van der Waals surface area contributed by atoms with Crippen LogP contribution in [0.5, 0.6) is 0 Å². The van der Waals surface area contributed by atoms with E-state index in [2.05, 4.69) is 11.9 Å². The van der Waals surface area contributed by atoms with E-state index in [0.29, 0.717) is 13.0 Å². The average molecular weight is 224 g/mol. The highest BCUT2D eigenvalue weighted by Gasteiger charge is 2.06. The van der Waals surface area contributed by atoms with Crippen LogP contribution >= 0.6 is 0 Å². The van der Waals surface area contributed by atoms with Gasteiger partial charge in [-0.15, -0.1) is 0 Å². The first-order valence-corrected chi connectivity index (χ1v) is 5.15. The molecule has 1 unspecified atom stereocenters. The maximum atomic E-state index is 11.9. The molecule has 1 rings (SSSR count). The molecule has 0 fully saturated rings. The van der Waals surface area contributed by atoms with E-state index in [-0.39, 0.29) is 5.76 Å². The fourth-order valence-corrected chi connectivity index (χ4v) is 1.32. The number of nitrogens with one attached hydrogen (secondary N) is 1. The van der Waals surface area contributed by atoms with Crippen molar-refractivity contribution in [2.75, 3.05) is 18.5 Å². The third-order valence-electron chi connectivity index (χ3n) is 2.26. The molecule has 0 aliphatic rings. The van der Waals surface area contributed by atoms with Crippen molar-refractivity contribution in [2.45, 2.75) is 12.5 Å². The van der Waals surface area contributed by atoms with E-state index in [1.54, 1.807) is 0 Å². The van der Waals surface area contributed by atoms with Gasteiger partial charge in [-0.2, -0.15) is 0 Å². The second-order valence-electron chi connectivity index (χ2n) is 3.61. The van der Waals surface area contributed by atoms with E-state index in [4.69, 9.17) is 10.8 Å². The number of nitrogens with two attached hydrogens (primary N) is 1. The molecule has 0 saturated heterocycles. The Labute approximate surface area is 94.8 Å². The number of rotatable bonds is 6. The van der Waals surface area contributed by atoms with Gasteiger partial charge in [0.15, 0.2) is 0 Å². The van der Waals surface area contributed by atoms with Gasteiger partial charge in [-0.25, -0.2) is 4.39 Å². The molecule has 0 radical (unpaired) electrons. The Balaban J connectivity index is 2.54. The maximum Gasteiger partial charge on any atom is 0.107 e. The second kappa shape index (κ2) is 6.12. The third-order valence-corrected chi connectivity index (χ3v) is 2.26. The molecule has 0 aromatic heterocycles. The van der Waals surface area contributed by atoms with Crippen molar-refractivity contribution < 1.29 is 9.50 Å². The zero-order chi connectivity index (χ0) is 12.0. The van der Waals surface area contributed by atoms with Gasteiger partial charge in [0.25, 0.3) is 0 Å². The molecule has 4 heteroatoms. The van der Waals surface area contributed by atoms with Gasteiger partial charge >= 0.3 is 0 Å². The fraction of sp³-hybridized carbons (Fsp3) is 0.333. The topological polar surface area (TPSA) is 58.3 Å². The van der Waals surface area contributed by atoms with Crippen LogP contribution in [0.3, 0.4) is 0 Å². The predicted octanol–water partition coefficient (Wildman–Crippen LogP) is 2.01. The number of aliphatic hydroxyl groups excluding tert-OH is 1. The highest BCUT2D eigenvalue weighted by molar-refractivity contribution is 5.44. The van der Waals surface area contributed by atoms with Crippen LogP contribution in [-0.2, 0) is 6.42 Å². The Kier molecular flexibility index (Phi) is 4.79. The highest BCUT2D eigenvalue weighted by atomic mass is 19.1. The molecule has 0 heterocycles. The molecule has 1 aromatic carbocycles. The summed E-state index contributed by atoms with van der Waals surface area (Å²) in [4.78, 5) is 0. The molecule has 0 aliphatic heterocycles. The Morgan fingerprint density at radius 2 is 2.06 bits per heavy atom. The van der Waals surface area contributed by atoms with E-state index in [1.807, 2.05) is 24.3 Å². The van der Waals surface area contributed by atoms with E-state index in [0.717, 1.165) is 11.3 Å². The van der Waals surface area contributed by atoms with Crippen molar-refractivity contribution in [3.63, 3.8) is 0 Å². The van der Waals surface area contributed by atoms with Gasteiger partial charge in [0.2, 0.25) is 0 Å². The lowest BCUT2D eigenvalue weighted by Crippen LogP contribution is -2.24. The minimum Gasteiger partial charge on any atom is -0.511 e. The van der Waals surface area contributed by atoms with Crippen LogP contribution in [0.25, 0.3) is 0 Å². The standard InChI is InChI=1S/C12H17FN2O/c1-9(16)12(14)8-10-2-4-11(5-3-10)15-7-6-13/h2-5,12,15-16H,1,6-8,14H2. The van der Waals surface area contributed by atoms with Crippen molar-refractivity contribution in [1.82, 2.24) is 0 Å². The van der Waals surface area contributed by atoms with E-state index in [1.165, 1.54) is 0 Å². The molecule has 1 atom stereocenters. The number of hydrogen-bond donors (Lipinski definition) is 3. The van der Waals surface area contributed by atoms with Gasteiger partial charge < -0.3 is 16.2 Å². The maximum absolute atomic E-state index is 11.9. The summed E-state index contributed by atoms with van der Waals surface area (Å²) in [6.07, 6.45) is 0.540. The molecule has 3 nitrogen and oxygen atoms in total. The van der Waals surface area contributed by atoms with Crippen LogP contribution < -0.4 is 11.1 Å². The van der Waals surface area contributed by atoms with Crippen LogP contribution in [0, 0.1) is 0 Å². The van der Waals surface area contributed by atoms with Gasteiger partial charge in [0, 0.05) is 12.2 Å². The summed E-state index contributed by atoms with van der Waals surface area (Å²) >= 11 is 0. The van der Waals surface area contributed by atoms with Crippen LogP contribution in [0.4, 0.5) is 10.1 Å². The normalized spacial score (nSPS) is 12.1. The van der Waals surface area contributed by atoms with Gasteiger partial charge in [-0.05, 0) is 24.1 Å². The first-order chi connectivity index (χ1) is 7.63. The zero-order valence-electron chi connectivity index (χ0n) is 9.12. The molecule has 4 N–H and O–H groups in total. The minimum absolute atomic E-state index is 0.0142. The lowest BCUT2D eigenvalue weighted by molar-refractivity contribution is 0.368. The zero-order valence-corrected chi connectivity index (χ0v) is 9.12. The molecule has 0 amide bonds. The summed E-state index contributed by atoms with van der Waals surface area (Å²) in [6.45, 7) is 3.31. The molecule has 0 saturated carbocycles. The summed E-state index contributed by atoms with van der Waals surface area (Å²) < 4.78 is 11.9. The highest BCUT2D eigenvalue weighted by Crippen LogP contribution is 2.11. The molecule has 0 aliphatic carbocycles. The Morgan fingerprint density at radius 3 is 2.56 bits per heavy atom. The molecule has 0 spiro atoms. The molecule has 1 aromatic rings. The van der Waals surface area contributed by atoms with Crippen LogP contribution in [0.15, 0.2) is 36.6 Å². The molecule has 16 heavy (non-hydrogen) atoms. The van der Waals surface area contributed by atoms with Crippen LogP contribution in [0.2, 0.25) is 0 Å². The van der Waals surface area contributed by atoms with Crippen molar-refractivity contribution in [3.8, 4) is 0 Å². The van der Waals surface area contributed by atoms with Gasteiger partial charge in [0.1, 0.15) is 12.4 Å². The Bertz CT molecular complexity index is 337. The summed E-state index contributed by atoms with van der Waals surface area (Å²) in [5.41, 5.74) is 7.53. The number of benzene rings is 1. The first-order valence-electron chi connectivity index (χ1n) is 5.15. The number of anilines is 1. The summed E-state index contributed by atoms with van der Waals surface area (Å²) in [5, 5.41) is 12.0. The van der Waals surface area contributed by atoms with E-state index >= 15 is 0 Å². The van der Waals surface area contributed by atoms with Crippen molar-refractivity contribution >= 4 is 5.69 Å². The number of alkyl halides is 1. The van der Waals surface area contributed by atoms with Gasteiger partial charge in [0.05, 0.1) is 6.04 Å². The quantitative estimate of drug-likeness (QED) is 0.648. The van der Waals surface area contributed by atoms with Gasteiger partial charge in [-0.1, -0.05) is 18.7 Å². The molecular formula is C12H17FN2O. The molecule has 0 bridgehead atoms. The summed E-state index contributed by atoms with van der Waals surface area (Å²) in [7, 11) is 0. The van der Waals surface area contributed by atoms with Crippen LogP contribution in [0.1, 0.15) is 5.56 Å². The van der Waals surface area contributed by atoms with Crippen molar-refractivity contribution in [2.24, 2.45) is 5.73 Å². The molecular weight excluding hydrogens is 207 g/mol. The Hall–Kier alpha value is -1.55. The van der Waals surface area contributed by atoms with E-state index in [9.17, 15) is 4.39 Å². The average Bonchev–Trinajstić information content (AvgIpc) is 2.28. The number of halogens is 1. The van der Waals surface area contributed by atoms with Crippen molar-refractivity contribution in [3.05, 3.63) is 42.2 Å².